The van der Waals surface area contributed by atoms with Gasteiger partial charge >= 0.3 is 0 Å². The Bertz CT molecular complexity index is 541. The Kier molecular flexibility index (Phi) is 4.64. The summed E-state index contributed by atoms with van der Waals surface area (Å²) in [4.78, 5) is 12.2. The molecule has 0 spiro atoms. The first-order chi connectivity index (χ1) is 9.88. The minimum absolute atomic E-state index is 0.244. The van der Waals surface area contributed by atoms with Crippen LogP contribution in [0.3, 0.4) is 0 Å². The smallest absolute Gasteiger partial charge is 0.200 e. The second-order valence-corrected chi connectivity index (χ2v) is 5.45. The van der Waals surface area contributed by atoms with E-state index >= 15 is 0 Å². The van der Waals surface area contributed by atoms with Gasteiger partial charge in [0.2, 0.25) is 5.82 Å². The molecule has 1 aromatic carbocycles. The van der Waals surface area contributed by atoms with Crippen molar-refractivity contribution in [1.82, 2.24) is 0 Å². The monoisotopic (exact) mass is 306 g/mol. The van der Waals surface area contributed by atoms with Crippen LogP contribution in [0, 0.1) is 40.9 Å². The van der Waals surface area contributed by atoms with Gasteiger partial charge in [0.1, 0.15) is 0 Å². The van der Waals surface area contributed by atoms with Gasteiger partial charge < -0.3 is 0 Å². The maximum Gasteiger partial charge on any atom is 0.200 e. The predicted molar refractivity (Wildman–Crippen MR) is 66.3 cm³/mol. The lowest BCUT2D eigenvalue weighted by molar-refractivity contribution is 0.0849. The van der Waals surface area contributed by atoms with Crippen molar-refractivity contribution < 1.29 is 26.7 Å². The molecule has 1 aromatic rings. The molecule has 2 unspecified atom stereocenters. The zero-order chi connectivity index (χ0) is 15.7. The quantitative estimate of drug-likeness (QED) is 0.340. The van der Waals surface area contributed by atoms with Gasteiger partial charge in [-0.15, -0.1) is 0 Å². The zero-order valence-electron chi connectivity index (χ0n) is 11.5. The van der Waals surface area contributed by atoms with E-state index in [1.165, 1.54) is 0 Å². The summed E-state index contributed by atoms with van der Waals surface area (Å²) >= 11 is 0. The van der Waals surface area contributed by atoms with Crippen LogP contribution in [0.25, 0.3) is 0 Å². The van der Waals surface area contributed by atoms with E-state index in [1.807, 2.05) is 6.92 Å². The summed E-state index contributed by atoms with van der Waals surface area (Å²) in [6.45, 7) is 1.94. The summed E-state index contributed by atoms with van der Waals surface area (Å²) in [5, 5.41) is 0. The third kappa shape index (κ3) is 2.80. The first-order valence-corrected chi connectivity index (χ1v) is 6.94. The Labute approximate surface area is 119 Å². The minimum Gasteiger partial charge on any atom is -0.294 e. The highest BCUT2D eigenvalue weighted by Crippen LogP contribution is 2.35. The van der Waals surface area contributed by atoms with Gasteiger partial charge in [-0.25, -0.2) is 22.0 Å². The average molecular weight is 306 g/mol. The van der Waals surface area contributed by atoms with E-state index in [0.29, 0.717) is 19.3 Å². The summed E-state index contributed by atoms with van der Waals surface area (Å²) in [7, 11) is 0. The van der Waals surface area contributed by atoms with Crippen LogP contribution in [-0.2, 0) is 0 Å². The lowest BCUT2D eigenvalue weighted by Crippen LogP contribution is -2.25. The van der Waals surface area contributed by atoms with Crippen LogP contribution in [0.5, 0.6) is 0 Å². The average Bonchev–Trinajstić information content (AvgIpc) is 2.51. The van der Waals surface area contributed by atoms with Crippen LogP contribution in [-0.4, -0.2) is 5.78 Å². The maximum atomic E-state index is 13.6. The maximum absolute atomic E-state index is 13.6. The van der Waals surface area contributed by atoms with E-state index in [0.717, 1.165) is 12.8 Å². The Morgan fingerprint density at radius 2 is 1.48 bits per heavy atom. The van der Waals surface area contributed by atoms with Crippen molar-refractivity contribution >= 4 is 5.78 Å². The molecule has 1 aliphatic rings. The predicted octanol–water partition coefficient (Wildman–Crippen LogP) is 4.78. The molecule has 0 aliphatic heterocycles. The second kappa shape index (κ2) is 6.12. The fourth-order valence-electron chi connectivity index (χ4n) is 2.93. The van der Waals surface area contributed by atoms with Crippen LogP contribution < -0.4 is 0 Å². The fourth-order valence-corrected chi connectivity index (χ4v) is 2.93. The van der Waals surface area contributed by atoms with Crippen LogP contribution in [0.4, 0.5) is 22.0 Å². The van der Waals surface area contributed by atoms with E-state index in [4.69, 9.17) is 0 Å². The zero-order valence-corrected chi connectivity index (χ0v) is 11.5. The van der Waals surface area contributed by atoms with Gasteiger partial charge in [-0.3, -0.25) is 4.79 Å². The molecule has 2 atom stereocenters. The molecule has 0 bridgehead atoms. The number of hydrogen-bond donors (Lipinski definition) is 0. The van der Waals surface area contributed by atoms with E-state index in [1.54, 1.807) is 0 Å². The van der Waals surface area contributed by atoms with Gasteiger partial charge in [-0.2, -0.15) is 0 Å². The number of Topliss-reactive ketones (excluding diaryl/α,β-unsaturated/α-hetero) is 1. The molecule has 21 heavy (non-hydrogen) atoms. The third-order valence-electron chi connectivity index (χ3n) is 4.19. The molecule has 6 heteroatoms. The molecule has 1 nitrogen and oxygen atoms in total. The lowest BCUT2D eigenvalue weighted by atomic mass is 9.77. The van der Waals surface area contributed by atoms with Crippen LogP contribution in [0.2, 0.25) is 0 Å². The molecule has 0 aromatic heterocycles. The Morgan fingerprint density at radius 3 is 2.00 bits per heavy atom. The van der Waals surface area contributed by atoms with Gasteiger partial charge in [-0.1, -0.05) is 26.2 Å². The first-order valence-electron chi connectivity index (χ1n) is 6.94. The van der Waals surface area contributed by atoms with Crippen LogP contribution in [0.1, 0.15) is 49.4 Å². The van der Waals surface area contributed by atoms with Gasteiger partial charge in [0.25, 0.3) is 0 Å². The first kappa shape index (κ1) is 15.9. The van der Waals surface area contributed by atoms with Crippen molar-refractivity contribution in [2.24, 2.45) is 11.8 Å². The summed E-state index contributed by atoms with van der Waals surface area (Å²) in [6, 6.07) is 0. The Hall–Kier alpha value is -1.46. The van der Waals surface area contributed by atoms with Crippen LogP contribution in [0.15, 0.2) is 0 Å². The molecule has 116 valence electrons. The van der Waals surface area contributed by atoms with E-state index in [-0.39, 0.29) is 5.92 Å². The number of hydrogen-bond acceptors (Lipinski definition) is 1. The molecule has 0 N–H and O–H groups in total. The van der Waals surface area contributed by atoms with Crippen molar-refractivity contribution in [3.8, 4) is 0 Å². The largest absolute Gasteiger partial charge is 0.294 e. The number of benzene rings is 1. The molecular weight excluding hydrogens is 291 g/mol. The molecule has 0 radical (unpaired) electrons. The molecule has 1 aliphatic carbocycles. The van der Waals surface area contributed by atoms with E-state index < -0.39 is 46.4 Å². The van der Waals surface area contributed by atoms with Gasteiger partial charge in [0.15, 0.2) is 29.1 Å². The summed E-state index contributed by atoms with van der Waals surface area (Å²) in [5.74, 6) is -11.9. The topological polar surface area (TPSA) is 17.1 Å². The van der Waals surface area contributed by atoms with Gasteiger partial charge in [0, 0.05) is 5.92 Å². The van der Waals surface area contributed by atoms with Crippen molar-refractivity contribution in [2.45, 2.75) is 39.0 Å². The van der Waals surface area contributed by atoms with Gasteiger partial charge in [0.05, 0.1) is 5.56 Å². The van der Waals surface area contributed by atoms with Crippen molar-refractivity contribution in [3.05, 3.63) is 34.6 Å². The molecule has 1 fully saturated rings. The van der Waals surface area contributed by atoms with Gasteiger partial charge in [-0.05, 0) is 18.8 Å². The van der Waals surface area contributed by atoms with Crippen molar-refractivity contribution in [2.75, 3.05) is 0 Å². The summed E-state index contributed by atoms with van der Waals surface area (Å²) in [5.41, 5.74) is -1.30. The Balaban J connectivity index is 2.40. The number of ketones is 1. The summed E-state index contributed by atoms with van der Waals surface area (Å²) in [6.07, 6.45) is 3.28. The third-order valence-corrected chi connectivity index (χ3v) is 4.19. The lowest BCUT2D eigenvalue weighted by Gasteiger charge is -2.27. The second-order valence-electron chi connectivity index (χ2n) is 5.45. The number of rotatable bonds is 3. The molecule has 0 saturated heterocycles. The fraction of sp³-hybridized carbons (Fsp3) is 0.533. The normalized spacial score (nSPS) is 22.4. The minimum atomic E-state index is -2.24. The SMILES string of the molecule is CCC1CCCC(C(=O)c2c(F)c(F)c(F)c(F)c2F)C1. The highest BCUT2D eigenvalue weighted by molar-refractivity contribution is 5.98. The standard InChI is InChI=1S/C15H15F5O/c1-2-7-4-3-5-8(6-7)15(21)9-10(16)12(18)14(20)13(19)11(9)17/h7-8H,2-6H2,1H3. The van der Waals surface area contributed by atoms with Crippen LogP contribution >= 0.6 is 0 Å². The highest BCUT2D eigenvalue weighted by Gasteiger charge is 2.35. The van der Waals surface area contributed by atoms with Crippen molar-refractivity contribution in [1.29, 1.82) is 0 Å². The molecule has 0 heterocycles. The van der Waals surface area contributed by atoms with Crippen molar-refractivity contribution in [3.63, 3.8) is 0 Å². The molecule has 1 saturated carbocycles. The highest BCUT2D eigenvalue weighted by atomic mass is 19.2. The number of carbonyl (C=O) groups excluding carboxylic acids is 1. The Morgan fingerprint density at radius 1 is 0.952 bits per heavy atom. The number of halogens is 5. The number of carbonyl (C=O) groups is 1. The molecular formula is C15H15F5O. The molecule has 2 rings (SSSR count). The summed E-state index contributed by atoms with van der Waals surface area (Å²) < 4.78 is 66.6. The molecule has 0 amide bonds. The van der Waals surface area contributed by atoms with E-state index in [9.17, 15) is 26.7 Å². The van der Waals surface area contributed by atoms with E-state index in [2.05, 4.69) is 0 Å².